The van der Waals surface area contributed by atoms with E-state index in [2.05, 4.69) is 62.2 Å². The van der Waals surface area contributed by atoms with Crippen LogP contribution in [0.15, 0.2) is 30.5 Å². The average Bonchev–Trinajstić information content (AvgIpc) is 3.25. The number of likely N-dealkylation sites (tertiary alicyclic amines) is 1. The molecule has 0 spiro atoms. The normalized spacial score (nSPS) is 22.8. The van der Waals surface area contributed by atoms with Gasteiger partial charge in [-0.15, -0.1) is 0 Å². The van der Waals surface area contributed by atoms with Crippen molar-refractivity contribution in [2.75, 3.05) is 26.2 Å². The Hall–Kier alpha value is -2.14. The number of carbonyl (C=O) groups excluding carboxylic acids is 1. The van der Waals surface area contributed by atoms with Gasteiger partial charge in [0, 0.05) is 24.7 Å². The van der Waals surface area contributed by atoms with Crippen LogP contribution in [-0.2, 0) is 5.41 Å². The number of aromatic nitrogens is 2. The maximum atomic E-state index is 13.5. The van der Waals surface area contributed by atoms with Crippen LogP contribution in [0.25, 0.3) is 5.69 Å². The van der Waals surface area contributed by atoms with E-state index in [1.165, 1.54) is 5.56 Å². The van der Waals surface area contributed by atoms with Gasteiger partial charge in [-0.2, -0.15) is 5.10 Å². The van der Waals surface area contributed by atoms with Gasteiger partial charge < -0.3 is 10.2 Å². The predicted molar refractivity (Wildman–Crippen MR) is 112 cm³/mol. The summed E-state index contributed by atoms with van der Waals surface area (Å²) in [6, 6.07) is 8.28. The van der Waals surface area contributed by atoms with Gasteiger partial charge in [0.1, 0.15) is 0 Å². The molecule has 1 aromatic heterocycles. The minimum atomic E-state index is -0.187. The van der Waals surface area contributed by atoms with Crippen LogP contribution in [0, 0.1) is 18.8 Å². The molecule has 0 bridgehead atoms. The molecule has 0 radical (unpaired) electrons. The second-order valence-corrected chi connectivity index (χ2v) is 9.47. The van der Waals surface area contributed by atoms with Crippen molar-refractivity contribution in [3.05, 3.63) is 47.3 Å². The number of aryl methyl sites for hydroxylation is 1. The summed E-state index contributed by atoms with van der Waals surface area (Å²) in [6.07, 6.45) is 4.13. The first-order valence-corrected chi connectivity index (χ1v) is 10.5. The largest absolute Gasteiger partial charge is 0.339 e. The molecule has 2 fully saturated rings. The molecule has 5 nitrogen and oxygen atoms in total. The summed E-state index contributed by atoms with van der Waals surface area (Å²) in [5, 5.41) is 8.34. The fraction of sp³-hybridized carbons (Fsp3) is 0.565. The summed E-state index contributed by atoms with van der Waals surface area (Å²) in [5.41, 5.74) is 3.65. The van der Waals surface area contributed by atoms with Crippen LogP contribution in [0.2, 0.25) is 0 Å². The molecule has 0 unspecified atom stereocenters. The van der Waals surface area contributed by atoms with Gasteiger partial charge in [0.15, 0.2) is 0 Å². The molecule has 150 valence electrons. The van der Waals surface area contributed by atoms with E-state index in [9.17, 15) is 4.79 Å². The van der Waals surface area contributed by atoms with Crippen LogP contribution in [0.3, 0.4) is 0 Å². The molecule has 0 aliphatic carbocycles. The van der Waals surface area contributed by atoms with Crippen LogP contribution >= 0.6 is 0 Å². The van der Waals surface area contributed by atoms with E-state index >= 15 is 0 Å². The molecule has 3 heterocycles. The molecule has 2 aromatic rings. The van der Waals surface area contributed by atoms with Gasteiger partial charge in [-0.3, -0.25) is 4.79 Å². The van der Waals surface area contributed by atoms with Gasteiger partial charge in [0.05, 0.1) is 16.9 Å². The molecule has 2 aliphatic heterocycles. The SMILES string of the molecule is Cc1ccc(-n2cc(C(=O)N3CC[C@@H]4CNC[C@@H]4CC3)c(C(C)(C)C)n2)cc1. The quantitative estimate of drug-likeness (QED) is 0.867. The second kappa shape index (κ2) is 7.36. The van der Waals surface area contributed by atoms with E-state index in [1.807, 2.05) is 10.9 Å². The molecule has 5 heteroatoms. The fourth-order valence-electron chi connectivity index (χ4n) is 4.51. The standard InChI is InChI=1S/C23H32N4O/c1-16-5-7-19(8-6-16)27-15-20(21(25-27)23(2,3)4)22(28)26-11-9-17-13-24-14-18(17)10-12-26/h5-8,15,17-18,24H,9-14H2,1-4H3/t17-,18+. The molecule has 0 saturated carbocycles. The zero-order valence-electron chi connectivity index (χ0n) is 17.5. The van der Waals surface area contributed by atoms with Crippen LogP contribution in [-0.4, -0.2) is 46.8 Å². The molecule has 2 saturated heterocycles. The third-order valence-electron chi connectivity index (χ3n) is 6.26. The van der Waals surface area contributed by atoms with E-state index in [1.54, 1.807) is 0 Å². The lowest BCUT2D eigenvalue weighted by Gasteiger charge is -2.23. The summed E-state index contributed by atoms with van der Waals surface area (Å²) in [6.45, 7) is 12.4. The van der Waals surface area contributed by atoms with Crippen LogP contribution in [0.5, 0.6) is 0 Å². The van der Waals surface area contributed by atoms with Gasteiger partial charge >= 0.3 is 0 Å². The number of nitrogens with zero attached hydrogens (tertiary/aromatic N) is 3. The number of amides is 1. The van der Waals surface area contributed by atoms with Gasteiger partial charge in [0.25, 0.3) is 5.91 Å². The van der Waals surface area contributed by atoms with E-state index in [4.69, 9.17) is 5.10 Å². The van der Waals surface area contributed by atoms with Crippen LogP contribution in [0.1, 0.15) is 55.2 Å². The molecule has 1 amide bonds. The van der Waals surface area contributed by atoms with Crippen molar-refractivity contribution in [3.63, 3.8) is 0 Å². The first kappa shape index (κ1) is 19.2. The van der Waals surface area contributed by atoms with E-state index in [-0.39, 0.29) is 11.3 Å². The molecule has 1 aromatic carbocycles. The Balaban J connectivity index is 1.63. The number of hydrogen-bond donors (Lipinski definition) is 1. The number of hydrogen-bond acceptors (Lipinski definition) is 3. The average molecular weight is 381 g/mol. The number of nitrogens with one attached hydrogen (secondary N) is 1. The maximum Gasteiger partial charge on any atom is 0.257 e. The molecule has 28 heavy (non-hydrogen) atoms. The molecular weight excluding hydrogens is 348 g/mol. The summed E-state index contributed by atoms with van der Waals surface area (Å²) >= 11 is 0. The third-order valence-corrected chi connectivity index (χ3v) is 6.26. The lowest BCUT2D eigenvalue weighted by atomic mass is 9.89. The number of rotatable bonds is 2. The lowest BCUT2D eigenvalue weighted by molar-refractivity contribution is 0.0756. The van der Waals surface area contributed by atoms with Crippen molar-refractivity contribution in [2.45, 2.75) is 46.0 Å². The topological polar surface area (TPSA) is 50.2 Å². The smallest absolute Gasteiger partial charge is 0.257 e. The second-order valence-electron chi connectivity index (χ2n) is 9.47. The van der Waals surface area contributed by atoms with Crippen molar-refractivity contribution < 1.29 is 4.79 Å². The first-order valence-electron chi connectivity index (χ1n) is 10.5. The highest BCUT2D eigenvalue weighted by atomic mass is 16.2. The van der Waals surface area contributed by atoms with Crippen molar-refractivity contribution in [1.82, 2.24) is 20.0 Å². The highest BCUT2D eigenvalue weighted by Gasteiger charge is 2.34. The first-order chi connectivity index (χ1) is 13.3. The van der Waals surface area contributed by atoms with E-state index in [0.29, 0.717) is 0 Å². The van der Waals surface area contributed by atoms with Crippen LogP contribution in [0.4, 0.5) is 0 Å². The van der Waals surface area contributed by atoms with Crippen LogP contribution < -0.4 is 5.32 Å². The Morgan fingerprint density at radius 3 is 2.25 bits per heavy atom. The molecule has 1 N–H and O–H groups in total. The fourth-order valence-corrected chi connectivity index (χ4v) is 4.51. The van der Waals surface area contributed by atoms with E-state index < -0.39 is 0 Å². The van der Waals surface area contributed by atoms with Crippen molar-refractivity contribution in [1.29, 1.82) is 0 Å². The molecule has 2 atom stereocenters. The molecule has 2 aliphatic rings. The number of benzene rings is 1. The Kier molecular flexibility index (Phi) is 5.04. The third kappa shape index (κ3) is 3.72. The van der Waals surface area contributed by atoms with Crippen molar-refractivity contribution in [3.8, 4) is 5.69 Å². The Morgan fingerprint density at radius 2 is 1.68 bits per heavy atom. The van der Waals surface area contributed by atoms with Gasteiger partial charge in [-0.25, -0.2) is 4.68 Å². The zero-order chi connectivity index (χ0) is 19.9. The van der Waals surface area contributed by atoms with Gasteiger partial charge in [-0.1, -0.05) is 38.5 Å². The summed E-state index contributed by atoms with van der Waals surface area (Å²) in [4.78, 5) is 15.6. The summed E-state index contributed by atoms with van der Waals surface area (Å²) in [7, 11) is 0. The Labute approximate surface area is 168 Å². The minimum Gasteiger partial charge on any atom is -0.339 e. The minimum absolute atomic E-state index is 0.135. The summed E-state index contributed by atoms with van der Waals surface area (Å²) < 4.78 is 1.86. The van der Waals surface area contributed by atoms with E-state index in [0.717, 1.165) is 67.8 Å². The Bertz CT molecular complexity index is 832. The molecule has 4 rings (SSSR count). The number of fused-ring (bicyclic) bond motifs is 1. The number of carbonyl (C=O) groups is 1. The highest BCUT2D eigenvalue weighted by molar-refractivity contribution is 5.95. The highest BCUT2D eigenvalue weighted by Crippen LogP contribution is 2.30. The van der Waals surface area contributed by atoms with Crippen molar-refractivity contribution in [2.24, 2.45) is 11.8 Å². The monoisotopic (exact) mass is 380 g/mol. The zero-order valence-corrected chi connectivity index (χ0v) is 17.5. The summed E-state index contributed by atoms with van der Waals surface area (Å²) in [5.74, 6) is 1.57. The predicted octanol–water partition coefficient (Wildman–Crippen LogP) is 3.55. The Morgan fingerprint density at radius 1 is 1.07 bits per heavy atom. The maximum absolute atomic E-state index is 13.5. The van der Waals surface area contributed by atoms with Crippen molar-refractivity contribution >= 4 is 5.91 Å². The molecular formula is C23H32N4O. The van der Waals surface area contributed by atoms with Gasteiger partial charge in [0.2, 0.25) is 0 Å². The lowest BCUT2D eigenvalue weighted by Crippen LogP contribution is -2.34. The van der Waals surface area contributed by atoms with Gasteiger partial charge in [-0.05, 0) is 56.8 Å².